The number of hydrogen-bond acceptors (Lipinski definition) is 3. The fourth-order valence-electron chi connectivity index (χ4n) is 1.36. The summed E-state index contributed by atoms with van der Waals surface area (Å²) in [6, 6.07) is 5.63. The van der Waals surface area contributed by atoms with E-state index < -0.39 is 0 Å². The van der Waals surface area contributed by atoms with E-state index in [2.05, 4.69) is 15.9 Å². The molecule has 0 saturated carbocycles. The van der Waals surface area contributed by atoms with Crippen molar-refractivity contribution in [1.29, 1.82) is 0 Å². The molecule has 2 N–H and O–H groups in total. The second kappa shape index (κ2) is 6.93. The van der Waals surface area contributed by atoms with E-state index in [1.165, 1.54) is 0 Å². The highest BCUT2D eigenvalue weighted by Crippen LogP contribution is 2.24. The van der Waals surface area contributed by atoms with E-state index in [1.807, 2.05) is 25.1 Å². The minimum absolute atomic E-state index is 0.0595. The number of thiocarbonyl (C=S) groups is 1. The van der Waals surface area contributed by atoms with E-state index in [0.29, 0.717) is 17.3 Å². The van der Waals surface area contributed by atoms with Crippen LogP contribution in [0.2, 0.25) is 0 Å². The Morgan fingerprint density at radius 1 is 1.53 bits per heavy atom. The summed E-state index contributed by atoms with van der Waals surface area (Å²) in [5, 5.41) is 0. The van der Waals surface area contributed by atoms with Gasteiger partial charge in [-0.15, -0.1) is 0 Å². The van der Waals surface area contributed by atoms with E-state index in [1.54, 1.807) is 7.11 Å². The third-order valence-corrected chi connectivity index (χ3v) is 2.98. The summed E-state index contributed by atoms with van der Waals surface area (Å²) in [6.07, 6.45) is 0.882. The first-order chi connectivity index (χ1) is 8.04. The largest absolute Gasteiger partial charge is 0.490 e. The molecule has 1 atom stereocenters. The maximum atomic E-state index is 5.80. The van der Waals surface area contributed by atoms with Gasteiger partial charge in [-0.1, -0.05) is 28.1 Å². The van der Waals surface area contributed by atoms with Gasteiger partial charge in [0.25, 0.3) is 0 Å². The van der Waals surface area contributed by atoms with E-state index in [4.69, 9.17) is 27.4 Å². The highest BCUT2D eigenvalue weighted by Gasteiger charge is 2.10. The Kier molecular flexibility index (Phi) is 5.88. The first kappa shape index (κ1) is 14.4. The molecule has 0 aliphatic rings. The molecule has 1 aromatic carbocycles. The maximum Gasteiger partial charge on any atom is 0.129 e. The molecular formula is C12H16BrNO2S. The summed E-state index contributed by atoms with van der Waals surface area (Å²) in [5.41, 5.74) is 6.41. The van der Waals surface area contributed by atoms with Crippen LogP contribution in [0.25, 0.3) is 0 Å². The normalized spacial score (nSPS) is 12.2. The van der Waals surface area contributed by atoms with Gasteiger partial charge in [0.2, 0.25) is 0 Å². The topological polar surface area (TPSA) is 44.5 Å². The highest BCUT2D eigenvalue weighted by molar-refractivity contribution is 9.10. The predicted octanol–water partition coefficient (Wildman–Crippen LogP) is 2.89. The smallest absolute Gasteiger partial charge is 0.129 e. The average Bonchev–Trinajstić information content (AvgIpc) is 2.28. The summed E-state index contributed by atoms with van der Waals surface area (Å²) < 4.78 is 11.7. The van der Waals surface area contributed by atoms with E-state index in [0.717, 1.165) is 16.5 Å². The van der Waals surface area contributed by atoms with Crippen molar-refractivity contribution in [1.82, 2.24) is 0 Å². The van der Waals surface area contributed by atoms with Crippen molar-refractivity contribution in [3.05, 3.63) is 28.2 Å². The van der Waals surface area contributed by atoms with Crippen LogP contribution in [0.4, 0.5) is 0 Å². The third kappa shape index (κ3) is 4.61. The van der Waals surface area contributed by atoms with Crippen LogP contribution in [-0.2, 0) is 4.74 Å². The SMILES string of the molecule is COCCC(C)Oc1ccc(Br)cc1C(N)=S. The van der Waals surface area contributed by atoms with Crippen molar-refractivity contribution in [2.45, 2.75) is 19.4 Å². The number of benzene rings is 1. The molecule has 0 amide bonds. The number of hydrogen-bond donors (Lipinski definition) is 1. The van der Waals surface area contributed by atoms with E-state index in [9.17, 15) is 0 Å². The molecule has 0 aliphatic carbocycles. The van der Waals surface area contributed by atoms with Crippen molar-refractivity contribution in [2.75, 3.05) is 13.7 Å². The van der Waals surface area contributed by atoms with Gasteiger partial charge in [0.15, 0.2) is 0 Å². The summed E-state index contributed by atoms with van der Waals surface area (Å²) in [6.45, 7) is 2.66. The lowest BCUT2D eigenvalue weighted by Gasteiger charge is -2.17. The summed E-state index contributed by atoms with van der Waals surface area (Å²) in [7, 11) is 1.67. The number of rotatable bonds is 6. The Labute approximate surface area is 115 Å². The Morgan fingerprint density at radius 2 is 2.24 bits per heavy atom. The molecule has 0 heterocycles. The van der Waals surface area contributed by atoms with Crippen LogP contribution in [0.3, 0.4) is 0 Å². The summed E-state index contributed by atoms with van der Waals surface area (Å²) >= 11 is 8.38. The first-order valence-electron chi connectivity index (χ1n) is 5.29. The molecule has 1 aromatic rings. The second-order valence-corrected chi connectivity index (χ2v) is 5.07. The van der Waals surface area contributed by atoms with Gasteiger partial charge in [-0.05, 0) is 25.1 Å². The van der Waals surface area contributed by atoms with Crippen LogP contribution in [0.1, 0.15) is 18.9 Å². The van der Waals surface area contributed by atoms with Gasteiger partial charge >= 0.3 is 0 Å². The zero-order chi connectivity index (χ0) is 12.8. The van der Waals surface area contributed by atoms with Gasteiger partial charge in [0.05, 0.1) is 11.7 Å². The van der Waals surface area contributed by atoms with Gasteiger partial charge in [0, 0.05) is 24.6 Å². The van der Waals surface area contributed by atoms with Crippen molar-refractivity contribution < 1.29 is 9.47 Å². The summed E-state index contributed by atoms with van der Waals surface area (Å²) in [5.74, 6) is 0.712. The van der Waals surface area contributed by atoms with Crippen LogP contribution in [0.5, 0.6) is 5.75 Å². The Morgan fingerprint density at radius 3 is 2.82 bits per heavy atom. The Hall–Kier alpha value is -0.650. The zero-order valence-corrected chi connectivity index (χ0v) is 12.3. The van der Waals surface area contributed by atoms with Crippen molar-refractivity contribution in [3.63, 3.8) is 0 Å². The molecular weight excluding hydrogens is 302 g/mol. The quantitative estimate of drug-likeness (QED) is 0.819. The monoisotopic (exact) mass is 317 g/mol. The van der Waals surface area contributed by atoms with Crippen LogP contribution >= 0.6 is 28.1 Å². The molecule has 0 spiro atoms. The van der Waals surface area contributed by atoms with Gasteiger partial charge in [-0.2, -0.15) is 0 Å². The van der Waals surface area contributed by atoms with E-state index >= 15 is 0 Å². The van der Waals surface area contributed by atoms with Crippen LogP contribution in [-0.4, -0.2) is 24.8 Å². The number of nitrogens with two attached hydrogens (primary N) is 1. The molecule has 5 heteroatoms. The minimum Gasteiger partial charge on any atom is -0.490 e. The van der Waals surface area contributed by atoms with Gasteiger partial charge in [0.1, 0.15) is 10.7 Å². The van der Waals surface area contributed by atoms with E-state index in [-0.39, 0.29) is 6.10 Å². The Bertz CT molecular complexity index is 398. The molecule has 0 radical (unpaired) electrons. The fraction of sp³-hybridized carbons (Fsp3) is 0.417. The summed E-state index contributed by atoms with van der Waals surface area (Å²) in [4.78, 5) is 0.334. The van der Waals surface area contributed by atoms with Crippen LogP contribution in [0.15, 0.2) is 22.7 Å². The van der Waals surface area contributed by atoms with Gasteiger partial charge < -0.3 is 15.2 Å². The minimum atomic E-state index is 0.0595. The maximum absolute atomic E-state index is 5.80. The molecule has 0 saturated heterocycles. The molecule has 17 heavy (non-hydrogen) atoms. The lowest BCUT2D eigenvalue weighted by atomic mass is 10.2. The van der Waals surface area contributed by atoms with Crippen LogP contribution < -0.4 is 10.5 Å². The average molecular weight is 318 g/mol. The number of methoxy groups -OCH3 is 1. The van der Waals surface area contributed by atoms with Crippen molar-refractivity contribution in [2.24, 2.45) is 5.73 Å². The number of halogens is 1. The zero-order valence-electron chi connectivity index (χ0n) is 9.90. The van der Waals surface area contributed by atoms with Gasteiger partial charge in [-0.3, -0.25) is 0 Å². The highest BCUT2D eigenvalue weighted by atomic mass is 79.9. The first-order valence-corrected chi connectivity index (χ1v) is 6.49. The molecule has 3 nitrogen and oxygen atoms in total. The number of ether oxygens (including phenoxy) is 2. The van der Waals surface area contributed by atoms with Gasteiger partial charge in [-0.25, -0.2) is 0 Å². The molecule has 0 aliphatic heterocycles. The molecule has 94 valence electrons. The molecule has 0 bridgehead atoms. The van der Waals surface area contributed by atoms with Crippen molar-refractivity contribution >= 4 is 33.1 Å². The molecule has 1 rings (SSSR count). The predicted molar refractivity (Wildman–Crippen MR) is 76.6 cm³/mol. The molecule has 1 unspecified atom stereocenters. The molecule has 0 fully saturated rings. The fourth-order valence-corrected chi connectivity index (χ4v) is 1.88. The second-order valence-electron chi connectivity index (χ2n) is 3.71. The standard InChI is InChI=1S/C12H16BrNO2S/c1-8(5-6-15-2)16-11-4-3-9(13)7-10(11)12(14)17/h3-4,7-8H,5-6H2,1-2H3,(H2,14,17). The van der Waals surface area contributed by atoms with Crippen LogP contribution in [0, 0.1) is 0 Å². The van der Waals surface area contributed by atoms with Crippen molar-refractivity contribution in [3.8, 4) is 5.75 Å². The lowest BCUT2D eigenvalue weighted by Crippen LogP contribution is -2.18. The lowest BCUT2D eigenvalue weighted by molar-refractivity contribution is 0.135. The molecule has 0 aromatic heterocycles. The third-order valence-electron chi connectivity index (χ3n) is 2.26. The Balaban J connectivity index is 2.79.